The van der Waals surface area contributed by atoms with E-state index in [-0.39, 0.29) is 18.0 Å². The molecule has 4 N–H and O–H groups in total. The zero-order chi connectivity index (χ0) is 15.1. The molecule has 0 aliphatic heterocycles. The van der Waals surface area contributed by atoms with Crippen molar-refractivity contribution in [1.82, 2.24) is 0 Å². The van der Waals surface area contributed by atoms with Crippen molar-refractivity contribution < 1.29 is 10.1 Å². The number of hydrogen-bond acceptors (Lipinski definition) is 1. The highest BCUT2D eigenvalue weighted by atomic mass is 16.1. The number of quaternary nitrogens is 1. The molecular formula is C17H29N2O+. The Balaban J connectivity index is 2.79. The van der Waals surface area contributed by atoms with E-state index in [1.807, 2.05) is 6.92 Å². The fourth-order valence-corrected chi connectivity index (χ4v) is 2.41. The fourth-order valence-electron chi connectivity index (χ4n) is 2.41. The van der Waals surface area contributed by atoms with Gasteiger partial charge in [-0.15, -0.1) is 0 Å². The lowest BCUT2D eigenvalue weighted by molar-refractivity contribution is -0.719. The van der Waals surface area contributed by atoms with Crippen LogP contribution in [0.5, 0.6) is 0 Å². The molecule has 0 aromatic heterocycles. The molecule has 0 unspecified atom stereocenters. The van der Waals surface area contributed by atoms with E-state index < -0.39 is 0 Å². The van der Waals surface area contributed by atoms with Crippen LogP contribution in [0.2, 0.25) is 0 Å². The van der Waals surface area contributed by atoms with Crippen LogP contribution in [0.25, 0.3) is 0 Å². The van der Waals surface area contributed by atoms with Crippen molar-refractivity contribution >= 4 is 5.91 Å². The largest absolute Gasteiger partial charge is 0.365 e. The van der Waals surface area contributed by atoms with E-state index in [0.29, 0.717) is 5.92 Å². The smallest absolute Gasteiger partial charge is 0.275 e. The van der Waals surface area contributed by atoms with Crippen LogP contribution in [0.3, 0.4) is 0 Å². The molecule has 1 aromatic carbocycles. The second-order valence-corrected chi connectivity index (χ2v) is 6.00. The van der Waals surface area contributed by atoms with Crippen molar-refractivity contribution in [1.29, 1.82) is 0 Å². The van der Waals surface area contributed by atoms with Gasteiger partial charge in [-0.3, -0.25) is 4.79 Å². The van der Waals surface area contributed by atoms with Gasteiger partial charge in [0.15, 0.2) is 6.04 Å². The fraction of sp³-hybridized carbons (Fsp3) is 0.588. The topological polar surface area (TPSA) is 59.7 Å². The molecular weight excluding hydrogens is 248 g/mol. The van der Waals surface area contributed by atoms with Gasteiger partial charge in [-0.25, -0.2) is 0 Å². The quantitative estimate of drug-likeness (QED) is 0.751. The number of rotatable bonds is 8. The van der Waals surface area contributed by atoms with Gasteiger partial charge in [0.2, 0.25) is 0 Å². The Kier molecular flexibility index (Phi) is 6.73. The average molecular weight is 277 g/mol. The van der Waals surface area contributed by atoms with Gasteiger partial charge in [0.1, 0.15) is 6.04 Å². The first-order valence-corrected chi connectivity index (χ1v) is 7.68. The van der Waals surface area contributed by atoms with Crippen molar-refractivity contribution in [3.05, 3.63) is 35.4 Å². The van der Waals surface area contributed by atoms with Gasteiger partial charge in [0, 0.05) is 11.5 Å². The van der Waals surface area contributed by atoms with Crippen LogP contribution in [-0.4, -0.2) is 11.9 Å². The summed E-state index contributed by atoms with van der Waals surface area (Å²) in [4.78, 5) is 11.3. The summed E-state index contributed by atoms with van der Waals surface area (Å²) in [6.45, 7) is 8.44. The summed E-state index contributed by atoms with van der Waals surface area (Å²) in [6, 6.07) is 8.89. The molecule has 0 spiro atoms. The van der Waals surface area contributed by atoms with Crippen LogP contribution in [0.1, 0.15) is 57.7 Å². The summed E-state index contributed by atoms with van der Waals surface area (Å²) >= 11 is 0. The third kappa shape index (κ3) is 4.97. The SMILES string of the molecule is CCCCc1ccc([C@H]([NH2+][C@H](C)C(N)=O)C(C)C)cc1. The number of primary amides is 1. The standard InChI is InChI=1S/C17H28N2O/c1-5-6-7-14-8-10-15(11-9-14)16(12(2)3)19-13(4)17(18)20/h8-13,16,19H,5-7H2,1-4H3,(H2,18,20)/p+1/t13-,16-/m1/s1. The summed E-state index contributed by atoms with van der Waals surface area (Å²) in [5.41, 5.74) is 8.03. The molecule has 0 aliphatic carbocycles. The molecule has 0 heterocycles. The predicted molar refractivity (Wildman–Crippen MR) is 83.2 cm³/mol. The third-order valence-corrected chi connectivity index (χ3v) is 3.85. The van der Waals surface area contributed by atoms with Gasteiger partial charge in [-0.2, -0.15) is 0 Å². The number of carbonyl (C=O) groups is 1. The number of benzene rings is 1. The number of amides is 1. The van der Waals surface area contributed by atoms with Gasteiger partial charge in [0.25, 0.3) is 5.91 Å². The molecule has 2 atom stereocenters. The molecule has 0 saturated heterocycles. The number of carbonyl (C=O) groups excluding carboxylic acids is 1. The van der Waals surface area contributed by atoms with Gasteiger partial charge < -0.3 is 11.1 Å². The molecule has 0 bridgehead atoms. The zero-order valence-electron chi connectivity index (χ0n) is 13.2. The van der Waals surface area contributed by atoms with E-state index in [4.69, 9.17) is 5.73 Å². The molecule has 0 saturated carbocycles. The first-order chi connectivity index (χ1) is 9.45. The van der Waals surface area contributed by atoms with Crippen molar-refractivity contribution in [2.75, 3.05) is 0 Å². The van der Waals surface area contributed by atoms with Crippen LogP contribution in [0.4, 0.5) is 0 Å². The zero-order valence-corrected chi connectivity index (χ0v) is 13.2. The van der Waals surface area contributed by atoms with E-state index >= 15 is 0 Å². The lowest BCUT2D eigenvalue weighted by Crippen LogP contribution is -2.93. The van der Waals surface area contributed by atoms with E-state index in [1.165, 1.54) is 24.0 Å². The normalized spacial score (nSPS) is 14.2. The molecule has 0 fully saturated rings. The summed E-state index contributed by atoms with van der Waals surface area (Å²) in [5.74, 6) is 0.202. The number of hydrogen-bond donors (Lipinski definition) is 2. The highest BCUT2D eigenvalue weighted by molar-refractivity contribution is 5.77. The van der Waals surface area contributed by atoms with Crippen LogP contribution >= 0.6 is 0 Å². The Morgan fingerprint density at radius 2 is 1.80 bits per heavy atom. The molecule has 3 nitrogen and oxygen atoms in total. The van der Waals surface area contributed by atoms with Gasteiger partial charge in [-0.05, 0) is 25.3 Å². The maximum atomic E-state index is 11.3. The summed E-state index contributed by atoms with van der Waals surface area (Å²) in [6.07, 6.45) is 3.60. The minimum Gasteiger partial charge on any atom is -0.365 e. The maximum absolute atomic E-state index is 11.3. The average Bonchev–Trinajstić information content (AvgIpc) is 2.42. The molecule has 0 radical (unpaired) electrons. The second-order valence-electron chi connectivity index (χ2n) is 6.00. The Morgan fingerprint density at radius 1 is 1.20 bits per heavy atom. The minimum atomic E-state index is -0.254. The Hall–Kier alpha value is -1.35. The Morgan fingerprint density at radius 3 is 2.25 bits per heavy atom. The molecule has 1 amide bonds. The molecule has 1 aromatic rings. The molecule has 3 heteroatoms. The molecule has 0 aliphatic rings. The highest BCUT2D eigenvalue weighted by Crippen LogP contribution is 2.19. The Labute approximate surface area is 122 Å². The van der Waals surface area contributed by atoms with Crippen LogP contribution < -0.4 is 11.1 Å². The number of nitrogens with two attached hydrogens (primary N) is 2. The lowest BCUT2D eigenvalue weighted by Gasteiger charge is -2.22. The summed E-state index contributed by atoms with van der Waals surface area (Å²) in [7, 11) is 0. The van der Waals surface area contributed by atoms with Crippen LogP contribution in [0.15, 0.2) is 24.3 Å². The van der Waals surface area contributed by atoms with E-state index in [2.05, 4.69) is 50.4 Å². The Bertz CT molecular complexity index is 412. The number of aryl methyl sites for hydroxylation is 1. The number of unbranched alkanes of at least 4 members (excludes halogenated alkanes) is 1. The second kappa shape index (κ2) is 8.05. The van der Waals surface area contributed by atoms with Crippen molar-refractivity contribution in [2.24, 2.45) is 11.7 Å². The minimum absolute atomic E-state index is 0.192. The first kappa shape index (κ1) is 16.7. The van der Waals surface area contributed by atoms with Gasteiger partial charge in [-0.1, -0.05) is 51.5 Å². The first-order valence-electron chi connectivity index (χ1n) is 7.68. The molecule has 1 rings (SSSR count). The van der Waals surface area contributed by atoms with Crippen molar-refractivity contribution in [3.63, 3.8) is 0 Å². The lowest BCUT2D eigenvalue weighted by atomic mass is 9.94. The third-order valence-electron chi connectivity index (χ3n) is 3.85. The van der Waals surface area contributed by atoms with Crippen LogP contribution in [0, 0.1) is 5.92 Å². The van der Waals surface area contributed by atoms with E-state index in [9.17, 15) is 4.79 Å². The van der Waals surface area contributed by atoms with Crippen LogP contribution in [-0.2, 0) is 11.2 Å². The summed E-state index contributed by atoms with van der Waals surface area (Å²) < 4.78 is 0. The van der Waals surface area contributed by atoms with E-state index in [1.54, 1.807) is 0 Å². The maximum Gasteiger partial charge on any atom is 0.275 e. The highest BCUT2D eigenvalue weighted by Gasteiger charge is 2.24. The van der Waals surface area contributed by atoms with E-state index in [0.717, 1.165) is 6.42 Å². The van der Waals surface area contributed by atoms with Crippen molar-refractivity contribution in [3.8, 4) is 0 Å². The van der Waals surface area contributed by atoms with Crippen molar-refractivity contribution in [2.45, 2.75) is 59.0 Å². The molecule has 20 heavy (non-hydrogen) atoms. The molecule has 112 valence electrons. The van der Waals surface area contributed by atoms with Gasteiger partial charge >= 0.3 is 0 Å². The monoisotopic (exact) mass is 277 g/mol. The predicted octanol–water partition coefficient (Wildman–Crippen LogP) is 2.16. The summed E-state index contributed by atoms with van der Waals surface area (Å²) in [5, 5.41) is 2.08. The van der Waals surface area contributed by atoms with Gasteiger partial charge in [0.05, 0.1) is 0 Å².